The van der Waals surface area contributed by atoms with Crippen LogP contribution in [0.15, 0.2) is 36.7 Å². The number of ether oxygens (including phenoxy) is 1. The molecule has 1 saturated heterocycles. The summed E-state index contributed by atoms with van der Waals surface area (Å²) in [5.74, 6) is 1.72. The molecule has 1 aromatic heterocycles. The van der Waals surface area contributed by atoms with Gasteiger partial charge in [-0.05, 0) is 18.9 Å². The summed E-state index contributed by atoms with van der Waals surface area (Å²) < 4.78 is 29.4. The number of alkyl halides is 2. The molecule has 1 aliphatic rings. The minimum Gasteiger partial charge on any atom is -0.434 e. The predicted octanol–water partition coefficient (Wildman–Crippen LogP) is 3.29. The Balaban J connectivity index is 1.67. The first-order valence-electron chi connectivity index (χ1n) is 7.56. The van der Waals surface area contributed by atoms with E-state index in [1.165, 1.54) is 25.2 Å². The number of para-hydroxylation sites is 1. The van der Waals surface area contributed by atoms with Gasteiger partial charge in [0.05, 0.1) is 0 Å². The number of nitrogens with one attached hydrogen (secondary N) is 1. The van der Waals surface area contributed by atoms with E-state index in [1.807, 2.05) is 6.07 Å². The number of hydrogen-bond donors (Lipinski definition) is 1. The molecule has 0 aliphatic carbocycles. The number of benzene rings is 1. The number of anilines is 2. The summed E-state index contributed by atoms with van der Waals surface area (Å²) in [5, 5.41) is 3.14. The third kappa shape index (κ3) is 4.06. The van der Waals surface area contributed by atoms with Crippen molar-refractivity contribution >= 4 is 11.6 Å². The van der Waals surface area contributed by atoms with Crippen LogP contribution in [0.5, 0.6) is 5.75 Å². The fraction of sp³-hybridized carbons (Fsp3) is 0.375. The maximum absolute atomic E-state index is 12.4. The largest absolute Gasteiger partial charge is 0.434 e. The third-order valence-electron chi connectivity index (χ3n) is 3.73. The molecule has 0 unspecified atom stereocenters. The van der Waals surface area contributed by atoms with Crippen molar-refractivity contribution in [1.29, 1.82) is 0 Å². The molecule has 0 saturated carbocycles. The second-order valence-corrected chi connectivity index (χ2v) is 5.30. The van der Waals surface area contributed by atoms with Crippen molar-refractivity contribution in [3.63, 3.8) is 0 Å². The maximum Gasteiger partial charge on any atom is 0.387 e. The van der Waals surface area contributed by atoms with Crippen LogP contribution < -0.4 is 15.0 Å². The smallest absolute Gasteiger partial charge is 0.387 e. The first-order valence-corrected chi connectivity index (χ1v) is 7.56. The van der Waals surface area contributed by atoms with E-state index in [-0.39, 0.29) is 5.75 Å². The number of rotatable bonds is 6. The van der Waals surface area contributed by atoms with Crippen LogP contribution in [0.4, 0.5) is 20.4 Å². The molecule has 2 aromatic rings. The van der Waals surface area contributed by atoms with Gasteiger partial charge in [-0.1, -0.05) is 18.2 Å². The van der Waals surface area contributed by atoms with Gasteiger partial charge < -0.3 is 15.0 Å². The normalized spacial score (nSPS) is 14.3. The van der Waals surface area contributed by atoms with E-state index in [0.717, 1.165) is 18.9 Å². The minimum absolute atomic E-state index is 0.170. The number of aromatic nitrogens is 2. The standard InChI is InChI=1S/C16H18F2N4O/c17-16(18)23-13-6-2-1-5-12(13)10-19-14-9-15(21-11-20-14)22-7-3-4-8-22/h1-2,5-6,9,11,16H,3-4,7-8,10H2,(H,19,20,21). The topological polar surface area (TPSA) is 50.3 Å². The molecule has 1 aromatic carbocycles. The molecule has 122 valence electrons. The maximum atomic E-state index is 12.4. The van der Waals surface area contributed by atoms with Crippen molar-refractivity contribution in [3.05, 3.63) is 42.2 Å². The fourth-order valence-electron chi connectivity index (χ4n) is 2.61. The Kier molecular flexibility index (Phi) is 4.85. The van der Waals surface area contributed by atoms with Gasteiger partial charge in [0.15, 0.2) is 0 Å². The van der Waals surface area contributed by atoms with Crippen LogP contribution in [-0.2, 0) is 6.54 Å². The number of hydrogen-bond acceptors (Lipinski definition) is 5. The highest BCUT2D eigenvalue weighted by molar-refractivity contribution is 5.49. The summed E-state index contributed by atoms with van der Waals surface area (Å²) in [6, 6.07) is 8.59. The van der Waals surface area contributed by atoms with Crippen LogP contribution in [-0.4, -0.2) is 29.7 Å². The average Bonchev–Trinajstić information content (AvgIpc) is 3.08. The molecule has 0 spiro atoms. The molecular weight excluding hydrogens is 302 g/mol. The van der Waals surface area contributed by atoms with Gasteiger partial charge in [0.1, 0.15) is 23.7 Å². The zero-order valence-electron chi connectivity index (χ0n) is 12.6. The molecule has 23 heavy (non-hydrogen) atoms. The SMILES string of the molecule is FC(F)Oc1ccccc1CNc1cc(N2CCCC2)ncn1. The summed E-state index contributed by atoms with van der Waals surface area (Å²) in [7, 11) is 0. The van der Waals surface area contributed by atoms with E-state index in [4.69, 9.17) is 0 Å². The molecule has 7 heteroatoms. The zero-order valence-corrected chi connectivity index (χ0v) is 12.6. The summed E-state index contributed by atoms with van der Waals surface area (Å²) in [4.78, 5) is 10.7. The highest BCUT2D eigenvalue weighted by Crippen LogP contribution is 2.23. The third-order valence-corrected chi connectivity index (χ3v) is 3.73. The van der Waals surface area contributed by atoms with E-state index in [2.05, 4.69) is 24.9 Å². The summed E-state index contributed by atoms with van der Waals surface area (Å²) >= 11 is 0. The van der Waals surface area contributed by atoms with Gasteiger partial charge in [-0.25, -0.2) is 9.97 Å². The molecule has 1 N–H and O–H groups in total. The Labute approximate surface area is 133 Å². The lowest BCUT2D eigenvalue weighted by Crippen LogP contribution is -2.19. The Morgan fingerprint density at radius 1 is 1.17 bits per heavy atom. The van der Waals surface area contributed by atoms with Crippen LogP contribution in [0.3, 0.4) is 0 Å². The Morgan fingerprint density at radius 2 is 1.96 bits per heavy atom. The van der Waals surface area contributed by atoms with Crippen molar-refractivity contribution in [2.24, 2.45) is 0 Å². The van der Waals surface area contributed by atoms with E-state index in [1.54, 1.807) is 18.2 Å². The number of nitrogens with zero attached hydrogens (tertiary/aromatic N) is 3. The lowest BCUT2D eigenvalue weighted by molar-refractivity contribution is -0.0504. The van der Waals surface area contributed by atoms with Crippen molar-refractivity contribution in [1.82, 2.24) is 9.97 Å². The van der Waals surface area contributed by atoms with Gasteiger partial charge in [0.25, 0.3) is 0 Å². The van der Waals surface area contributed by atoms with Crippen molar-refractivity contribution in [2.45, 2.75) is 26.0 Å². The summed E-state index contributed by atoms with van der Waals surface area (Å²) in [6.07, 6.45) is 3.85. The first-order chi connectivity index (χ1) is 11.2. The summed E-state index contributed by atoms with van der Waals surface area (Å²) in [6.45, 7) is -0.487. The highest BCUT2D eigenvalue weighted by Gasteiger charge is 2.14. The molecule has 0 bridgehead atoms. The van der Waals surface area contributed by atoms with Gasteiger partial charge >= 0.3 is 6.61 Å². The minimum atomic E-state index is -2.84. The Bertz CT molecular complexity index is 647. The second kappa shape index (κ2) is 7.21. The van der Waals surface area contributed by atoms with Gasteiger partial charge in [-0.3, -0.25) is 0 Å². The van der Waals surface area contributed by atoms with Crippen LogP contribution in [0.25, 0.3) is 0 Å². The molecule has 3 rings (SSSR count). The van der Waals surface area contributed by atoms with Crippen LogP contribution in [0.1, 0.15) is 18.4 Å². The molecule has 1 fully saturated rings. The lowest BCUT2D eigenvalue weighted by atomic mass is 10.2. The summed E-state index contributed by atoms with van der Waals surface area (Å²) in [5.41, 5.74) is 0.647. The van der Waals surface area contributed by atoms with E-state index >= 15 is 0 Å². The highest BCUT2D eigenvalue weighted by atomic mass is 19.3. The van der Waals surface area contributed by atoms with Crippen LogP contribution in [0.2, 0.25) is 0 Å². The van der Waals surface area contributed by atoms with Crippen molar-refractivity contribution < 1.29 is 13.5 Å². The molecule has 5 nitrogen and oxygen atoms in total. The quantitative estimate of drug-likeness (QED) is 0.885. The van der Waals surface area contributed by atoms with Crippen molar-refractivity contribution in [2.75, 3.05) is 23.3 Å². The van der Waals surface area contributed by atoms with Gasteiger partial charge in [-0.15, -0.1) is 0 Å². The predicted molar refractivity (Wildman–Crippen MR) is 83.9 cm³/mol. The van der Waals surface area contributed by atoms with Crippen LogP contribution in [0, 0.1) is 0 Å². The molecule has 0 amide bonds. The molecule has 0 atom stereocenters. The Morgan fingerprint density at radius 3 is 2.74 bits per heavy atom. The molecule has 1 aliphatic heterocycles. The molecular formula is C16H18F2N4O. The average molecular weight is 320 g/mol. The molecule has 2 heterocycles. The lowest BCUT2D eigenvalue weighted by Gasteiger charge is -2.17. The van der Waals surface area contributed by atoms with Gasteiger partial charge in [-0.2, -0.15) is 8.78 Å². The van der Waals surface area contributed by atoms with Crippen molar-refractivity contribution in [3.8, 4) is 5.75 Å². The monoisotopic (exact) mass is 320 g/mol. The van der Waals surface area contributed by atoms with E-state index in [0.29, 0.717) is 17.9 Å². The van der Waals surface area contributed by atoms with E-state index in [9.17, 15) is 8.78 Å². The number of halogens is 2. The van der Waals surface area contributed by atoms with Gasteiger partial charge in [0.2, 0.25) is 0 Å². The zero-order chi connectivity index (χ0) is 16.1. The van der Waals surface area contributed by atoms with E-state index < -0.39 is 6.61 Å². The fourth-order valence-corrected chi connectivity index (χ4v) is 2.61. The van der Waals surface area contributed by atoms with Gasteiger partial charge in [0, 0.05) is 31.3 Å². The molecule has 0 radical (unpaired) electrons. The second-order valence-electron chi connectivity index (χ2n) is 5.30. The van der Waals surface area contributed by atoms with Crippen LogP contribution >= 0.6 is 0 Å². The Hall–Kier alpha value is -2.44. The first kappa shape index (κ1) is 15.5.